The highest BCUT2D eigenvalue weighted by Crippen LogP contribution is 2.18. The molecule has 0 saturated heterocycles. The fourth-order valence-corrected chi connectivity index (χ4v) is 1.90. The van der Waals surface area contributed by atoms with Crippen LogP contribution < -0.4 is 0 Å². The van der Waals surface area contributed by atoms with E-state index in [-0.39, 0.29) is 5.78 Å². The average molecular weight is 224 g/mol. The number of ether oxygens (including phenoxy) is 1. The first kappa shape index (κ1) is 12.3. The second-order valence-electron chi connectivity index (χ2n) is 3.12. The minimum atomic E-state index is 0.143. The molecule has 82 valence electrons. The van der Waals surface area contributed by atoms with Crippen LogP contribution in [0.2, 0.25) is 0 Å². The maximum atomic E-state index is 11.6. The van der Waals surface area contributed by atoms with Crippen LogP contribution in [-0.4, -0.2) is 25.3 Å². The second-order valence-corrected chi connectivity index (χ2v) is 4.46. The number of thioether (sulfide) groups is 1. The van der Waals surface area contributed by atoms with Gasteiger partial charge in [0.15, 0.2) is 5.78 Å². The third-order valence-corrected chi connectivity index (χ3v) is 2.91. The van der Waals surface area contributed by atoms with Crippen molar-refractivity contribution in [3.05, 3.63) is 29.8 Å². The Labute approximate surface area is 95.0 Å². The van der Waals surface area contributed by atoms with Crippen molar-refractivity contribution in [3.8, 4) is 0 Å². The van der Waals surface area contributed by atoms with E-state index >= 15 is 0 Å². The third-order valence-electron chi connectivity index (χ3n) is 2.02. The van der Waals surface area contributed by atoms with Gasteiger partial charge in [-0.1, -0.05) is 19.1 Å². The zero-order valence-electron chi connectivity index (χ0n) is 9.16. The molecular formula is C12H16O2S. The zero-order chi connectivity index (χ0) is 11.1. The van der Waals surface area contributed by atoms with Gasteiger partial charge in [-0.2, -0.15) is 0 Å². The Hall–Kier alpha value is -0.800. The summed E-state index contributed by atoms with van der Waals surface area (Å²) in [6, 6.07) is 7.76. The maximum Gasteiger partial charge on any atom is 0.165 e. The van der Waals surface area contributed by atoms with Crippen LogP contribution in [0.4, 0.5) is 0 Å². The Morgan fingerprint density at radius 2 is 2.00 bits per heavy atom. The summed E-state index contributed by atoms with van der Waals surface area (Å²) in [7, 11) is 1.61. The molecule has 0 amide bonds. The Balaban J connectivity index is 2.58. The van der Waals surface area contributed by atoms with Gasteiger partial charge in [0.2, 0.25) is 0 Å². The van der Waals surface area contributed by atoms with E-state index in [1.165, 1.54) is 4.90 Å². The molecule has 1 aromatic carbocycles. The third kappa shape index (κ3) is 4.06. The Kier molecular flexibility index (Phi) is 5.43. The van der Waals surface area contributed by atoms with Gasteiger partial charge in [0.25, 0.3) is 0 Å². The summed E-state index contributed by atoms with van der Waals surface area (Å²) in [4.78, 5) is 12.8. The number of hydrogen-bond donors (Lipinski definition) is 0. The van der Waals surface area contributed by atoms with E-state index in [9.17, 15) is 4.79 Å². The predicted molar refractivity (Wildman–Crippen MR) is 63.7 cm³/mol. The summed E-state index contributed by atoms with van der Waals surface area (Å²) < 4.78 is 4.87. The van der Waals surface area contributed by atoms with Gasteiger partial charge in [-0.3, -0.25) is 4.79 Å². The highest BCUT2D eigenvalue weighted by atomic mass is 32.2. The topological polar surface area (TPSA) is 26.3 Å². The lowest BCUT2D eigenvalue weighted by Gasteiger charge is -2.02. The summed E-state index contributed by atoms with van der Waals surface area (Å²) in [6.07, 6.45) is 0.455. The normalized spacial score (nSPS) is 10.3. The van der Waals surface area contributed by atoms with Crippen LogP contribution in [0.1, 0.15) is 23.7 Å². The van der Waals surface area contributed by atoms with Crippen molar-refractivity contribution < 1.29 is 9.53 Å². The van der Waals surface area contributed by atoms with Crippen molar-refractivity contribution in [3.63, 3.8) is 0 Å². The molecule has 0 N–H and O–H groups in total. The van der Waals surface area contributed by atoms with Crippen LogP contribution in [0.3, 0.4) is 0 Å². The number of ketones is 1. The van der Waals surface area contributed by atoms with Crippen LogP contribution in [0.15, 0.2) is 29.2 Å². The quantitative estimate of drug-likeness (QED) is 0.549. The summed E-state index contributed by atoms with van der Waals surface area (Å²) >= 11 is 1.78. The molecule has 15 heavy (non-hydrogen) atoms. The molecule has 2 nitrogen and oxygen atoms in total. The SMILES string of the molecule is CCSc1ccc(C(=O)CCOC)cc1. The van der Waals surface area contributed by atoms with Crippen molar-refractivity contribution >= 4 is 17.5 Å². The van der Waals surface area contributed by atoms with Crippen LogP contribution in [0, 0.1) is 0 Å². The van der Waals surface area contributed by atoms with Crippen molar-refractivity contribution in [1.82, 2.24) is 0 Å². The van der Waals surface area contributed by atoms with Crippen molar-refractivity contribution in [2.75, 3.05) is 19.5 Å². The van der Waals surface area contributed by atoms with E-state index in [0.717, 1.165) is 11.3 Å². The Morgan fingerprint density at radius 1 is 1.33 bits per heavy atom. The molecule has 0 bridgehead atoms. The minimum Gasteiger partial charge on any atom is -0.384 e. The summed E-state index contributed by atoms with van der Waals surface area (Å²) in [5, 5.41) is 0. The summed E-state index contributed by atoms with van der Waals surface area (Å²) in [5.41, 5.74) is 0.771. The molecule has 3 heteroatoms. The van der Waals surface area contributed by atoms with E-state index in [4.69, 9.17) is 4.74 Å². The molecule has 0 aliphatic carbocycles. The van der Waals surface area contributed by atoms with Gasteiger partial charge in [-0.15, -0.1) is 11.8 Å². The maximum absolute atomic E-state index is 11.6. The average Bonchev–Trinajstić information content (AvgIpc) is 2.27. The largest absolute Gasteiger partial charge is 0.384 e. The van der Waals surface area contributed by atoms with Gasteiger partial charge in [-0.05, 0) is 17.9 Å². The number of benzene rings is 1. The molecule has 0 fully saturated rings. The molecule has 0 saturated carbocycles. The smallest absolute Gasteiger partial charge is 0.165 e. The number of methoxy groups -OCH3 is 1. The van der Waals surface area contributed by atoms with Crippen LogP contribution in [0.25, 0.3) is 0 Å². The molecule has 0 aliphatic heterocycles. The van der Waals surface area contributed by atoms with E-state index in [1.54, 1.807) is 18.9 Å². The summed E-state index contributed by atoms with van der Waals surface area (Å²) in [5.74, 6) is 1.20. The van der Waals surface area contributed by atoms with Crippen molar-refractivity contribution in [2.24, 2.45) is 0 Å². The van der Waals surface area contributed by atoms with Gasteiger partial charge in [0.05, 0.1) is 6.61 Å². The van der Waals surface area contributed by atoms with Crippen molar-refractivity contribution in [2.45, 2.75) is 18.2 Å². The predicted octanol–water partition coefficient (Wildman–Crippen LogP) is 3.02. The van der Waals surface area contributed by atoms with Gasteiger partial charge < -0.3 is 4.74 Å². The van der Waals surface area contributed by atoms with Gasteiger partial charge in [0, 0.05) is 24.0 Å². The minimum absolute atomic E-state index is 0.143. The molecule has 0 aromatic heterocycles. The fourth-order valence-electron chi connectivity index (χ4n) is 1.24. The first-order valence-electron chi connectivity index (χ1n) is 5.03. The molecule has 1 rings (SSSR count). The van der Waals surface area contributed by atoms with Crippen molar-refractivity contribution in [1.29, 1.82) is 0 Å². The molecule has 0 aliphatic rings. The lowest BCUT2D eigenvalue weighted by atomic mass is 10.1. The monoisotopic (exact) mass is 224 g/mol. The number of rotatable bonds is 6. The Morgan fingerprint density at radius 3 is 2.53 bits per heavy atom. The van der Waals surface area contributed by atoms with Crippen LogP contribution >= 0.6 is 11.8 Å². The molecular weight excluding hydrogens is 208 g/mol. The van der Waals surface area contributed by atoms with Crippen LogP contribution in [-0.2, 0) is 4.74 Å². The zero-order valence-corrected chi connectivity index (χ0v) is 9.97. The van der Waals surface area contributed by atoms with Gasteiger partial charge in [-0.25, -0.2) is 0 Å². The Bertz CT molecular complexity index is 306. The lowest BCUT2D eigenvalue weighted by molar-refractivity contribution is 0.0932. The number of carbonyl (C=O) groups is 1. The molecule has 0 radical (unpaired) electrons. The number of carbonyl (C=O) groups excluding carboxylic acids is 1. The summed E-state index contributed by atoms with van der Waals surface area (Å²) in [6.45, 7) is 2.60. The van der Waals surface area contributed by atoms with E-state index in [2.05, 4.69) is 6.92 Å². The number of Topliss-reactive ketones (excluding diaryl/α,β-unsaturated/α-hetero) is 1. The van der Waals surface area contributed by atoms with Gasteiger partial charge >= 0.3 is 0 Å². The molecule has 1 aromatic rings. The fraction of sp³-hybridized carbons (Fsp3) is 0.417. The first-order valence-corrected chi connectivity index (χ1v) is 6.01. The molecule has 0 heterocycles. The van der Waals surface area contributed by atoms with E-state index in [1.807, 2.05) is 24.3 Å². The molecule has 0 unspecified atom stereocenters. The standard InChI is InChI=1S/C12H16O2S/c1-3-15-11-6-4-10(5-7-11)12(13)8-9-14-2/h4-7H,3,8-9H2,1-2H3. The first-order chi connectivity index (χ1) is 7.27. The highest BCUT2D eigenvalue weighted by molar-refractivity contribution is 7.99. The molecule has 0 spiro atoms. The number of hydrogen-bond acceptors (Lipinski definition) is 3. The van der Waals surface area contributed by atoms with E-state index in [0.29, 0.717) is 13.0 Å². The van der Waals surface area contributed by atoms with Gasteiger partial charge in [0.1, 0.15) is 0 Å². The van der Waals surface area contributed by atoms with E-state index < -0.39 is 0 Å². The second kappa shape index (κ2) is 6.64. The van der Waals surface area contributed by atoms with Crippen LogP contribution in [0.5, 0.6) is 0 Å². The highest BCUT2D eigenvalue weighted by Gasteiger charge is 2.04. The molecule has 0 atom stereocenters. The lowest BCUT2D eigenvalue weighted by Crippen LogP contribution is -2.02.